The minimum atomic E-state index is -0.0615. The van der Waals surface area contributed by atoms with Gasteiger partial charge in [0.25, 0.3) is 0 Å². The molecule has 0 aliphatic rings. The van der Waals surface area contributed by atoms with Crippen LogP contribution < -0.4 is 10.6 Å². The molecule has 17 heavy (non-hydrogen) atoms. The molecule has 0 aliphatic carbocycles. The van der Waals surface area contributed by atoms with Gasteiger partial charge in [0.05, 0.1) is 6.54 Å². The van der Waals surface area contributed by atoms with Gasteiger partial charge in [0.1, 0.15) is 5.75 Å². The van der Waals surface area contributed by atoms with E-state index in [-0.39, 0.29) is 11.7 Å². The molecular weight excluding hydrogens is 216 g/mol. The summed E-state index contributed by atoms with van der Waals surface area (Å²) in [6.45, 7) is 4.77. The molecule has 0 saturated carbocycles. The van der Waals surface area contributed by atoms with E-state index >= 15 is 0 Å². The number of benzene rings is 1. The molecule has 1 amide bonds. The van der Waals surface area contributed by atoms with E-state index in [2.05, 4.69) is 17.6 Å². The number of amides is 1. The van der Waals surface area contributed by atoms with Crippen LogP contribution in [0.1, 0.15) is 25.8 Å². The SMILES string of the molecule is CCC(C)NCC(=O)NCc1ccccc1O. The maximum absolute atomic E-state index is 11.5. The summed E-state index contributed by atoms with van der Waals surface area (Å²) in [5.41, 5.74) is 0.726. The van der Waals surface area contributed by atoms with Gasteiger partial charge in [-0.2, -0.15) is 0 Å². The number of hydrogen-bond donors (Lipinski definition) is 3. The van der Waals surface area contributed by atoms with Crippen molar-refractivity contribution in [2.75, 3.05) is 6.54 Å². The predicted molar refractivity (Wildman–Crippen MR) is 67.7 cm³/mol. The van der Waals surface area contributed by atoms with Gasteiger partial charge in [0, 0.05) is 18.2 Å². The predicted octanol–water partition coefficient (Wildman–Crippen LogP) is 1.40. The highest BCUT2D eigenvalue weighted by Crippen LogP contribution is 2.14. The van der Waals surface area contributed by atoms with Crippen LogP contribution in [0, 0.1) is 0 Å². The van der Waals surface area contributed by atoms with Crippen LogP contribution in [-0.2, 0) is 11.3 Å². The van der Waals surface area contributed by atoms with Gasteiger partial charge in [-0.1, -0.05) is 25.1 Å². The lowest BCUT2D eigenvalue weighted by atomic mass is 10.2. The van der Waals surface area contributed by atoms with E-state index in [9.17, 15) is 9.90 Å². The smallest absolute Gasteiger partial charge is 0.234 e. The molecule has 4 heteroatoms. The molecular formula is C13H20N2O2. The average molecular weight is 236 g/mol. The Balaban J connectivity index is 2.31. The Bertz CT molecular complexity index is 366. The minimum Gasteiger partial charge on any atom is -0.508 e. The molecule has 1 aromatic rings. The maximum Gasteiger partial charge on any atom is 0.234 e. The fourth-order valence-electron chi connectivity index (χ4n) is 1.33. The lowest BCUT2D eigenvalue weighted by molar-refractivity contribution is -0.120. The Morgan fingerprint density at radius 2 is 2.12 bits per heavy atom. The summed E-state index contributed by atoms with van der Waals surface area (Å²) in [6.07, 6.45) is 0.993. The highest BCUT2D eigenvalue weighted by atomic mass is 16.3. The molecule has 1 rings (SSSR count). The summed E-state index contributed by atoms with van der Waals surface area (Å²) in [5, 5.41) is 15.4. The number of nitrogens with one attached hydrogen (secondary N) is 2. The number of phenols is 1. The van der Waals surface area contributed by atoms with Crippen molar-refractivity contribution in [1.82, 2.24) is 10.6 Å². The minimum absolute atomic E-state index is 0.0615. The summed E-state index contributed by atoms with van der Waals surface area (Å²) in [6, 6.07) is 7.33. The molecule has 1 unspecified atom stereocenters. The molecule has 4 nitrogen and oxygen atoms in total. The second-order valence-corrected chi connectivity index (χ2v) is 4.10. The van der Waals surface area contributed by atoms with Gasteiger partial charge in [-0.25, -0.2) is 0 Å². The Hall–Kier alpha value is -1.55. The quantitative estimate of drug-likeness (QED) is 0.699. The van der Waals surface area contributed by atoms with Gasteiger partial charge >= 0.3 is 0 Å². The average Bonchev–Trinajstić information content (AvgIpc) is 2.35. The van der Waals surface area contributed by atoms with Gasteiger partial charge in [-0.05, 0) is 19.4 Å². The second kappa shape index (κ2) is 6.91. The van der Waals surface area contributed by atoms with Crippen LogP contribution in [0.25, 0.3) is 0 Å². The van der Waals surface area contributed by atoms with E-state index in [1.807, 2.05) is 13.0 Å². The number of carbonyl (C=O) groups excluding carboxylic acids is 1. The van der Waals surface area contributed by atoms with Gasteiger partial charge in [0.15, 0.2) is 0 Å². The molecule has 1 aromatic carbocycles. The van der Waals surface area contributed by atoms with Crippen molar-refractivity contribution >= 4 is 5.91 Å². The number of aromatic hydroxyl groups is 1. The first kappa shape index (κ1) is 13.5. The standard InChI is InChI=1S/C13H20N2O2/c1-3-10(2)14-9-13(17)15-8-11-6-4-5-7-12(11)16/h4-7,10,14,16H,3,8-9H2,1-2H3,(H,15,17). The van der Waals surface area contributed by atoms with Gasteiger partial charge in [-0.15, -0.1) is 0 Å². The molecule has 0 aliphatic heterocycles. The molecule has 0 aromatic heterocycles. The van der Waals surface area contributed by atoms with Crippen LogP contribution in [0.15, 0.2) is 24.3 Å². The van der Waals surface area contributed by atoms with Crippen LogP contribution in [0.5, 0.6) is 5.75 Å². The third-order valence-electron chi connectivity index (χ3n) is 2.69. The Morgan fingerprint density at radius 1 is 1.41 bits per heavy atom. The number of phenolic OH excluding ortho intramolecular Hbond substituents is 1. The number of carbonyl (C=O) groups is 1. The highest BCUT2D eigenvalue weighted by Gasteiger charge is 2.05. The van der Waals surface area contributed by atoms with E-state index in [0.717, 1.165) is 12.0 Å². The molecule has 0 saturated heterocycles. The Kier molecular flexibility index (Phi) is 5.49. The van der Waals surface area contributed by atoms with Crippen LogP contribution >= 0.6 is 0 Å². The lowest BCUT2D eigenvalue weighted by Gasteiger charge is -2.11. The summed E-state index contributed by atoms with van der Waals surface area (Å²) in [4.78, 5) is 11.5. The normalized spacial score (nSPS) is 12.1. The number of para-hydroxylation sites is 1. The zero-order valence-electron chi connectivity index (χ0n) is 10.4. The van der Waals surface area contributed by atoms with Crippen LogP contribution in [0.3, 0.4) is 0 Å². The summed E-state index contributed by atoms with van der Waals surface area (Å²) in [7, 11) is 0. The maximum atomic E-state index is 11.5. The van der Waals surface area contributed by atoms with Crippen molar-refractivity contribution in [3.05, 3.63) is 29.8 Å². The highest BCUT2D eigenvalue weighted by molar-refractivity contribution is 5.78. The zero-order valence-corrected chi connectivity index (χ0v) is 10.4. The fraction of sp³-hybridized carbons (Fsp3) is 0.462. The first-order valence-corrected chi connectivity index (χ1v) is 5.90. The number of rotatable bonds is 6. The van der Waals surface area contributed by atoms with Crippen LogP contribution in [-0.4, -0.2) is 23.6 Å². The zero-order chi connectivity index (χ0) is 12.7. The number of hydrogen-bond acceptors (Lipinski definition) is 3. The van der Waals surface area contributed by atoms with Crippen LogP contribution in [0.2, 0.25) is 0 Å². The van der Waals surface area contributed by atoms with Crippen molar-refractivity contribution in [2.45, 2.75) is 32.9 Å². The first-order chi connectivity index (χ1) is 8.13. The van der Waals surface area contributed by atoms with Gasteiger partial charge < -0.3 is 15.7 Å². The van der Waals surface area contributed by atoms with Crippen molar-refractivity contribution in [2.24, 2.45) is 0 Å². The van der Waals surface area contributed by atoms with E-state index < -0.39 is 0 Å². The summed E-state index contributed by atoms with van der Waals surface area (Å²) >= 11 is 0. The lowest BCUT2D eigenvalue weighted by Crippen LogP contribution is -2.37. The third kappa shape index (κ3) is 4.87. The second-order valence-electron chi connectivity index (χ2n) is 4.10. The Morgan fingerprint density at radius 3 is 2.76 bits per heavy atom. The molecule has 0 radical (unpaired) electrons. The molecule has 0 spiro atoms. The van der Waals surface area contributed by atoms with E-state index in [0.29, 0.717) is 19.1 Å². The largest absolute Gasteiger partial charge is 0.508 e. The summed E-state index contributed by atoms with van der Waals surface area (Å²) in [5.74, 6) is 0.149. The molecule has 0 bridgehead atoms. The Labute approximate surface area is 102 Å². The molecule has 1 atom stereocenters. The van der Waals surface area contributed by atoms with Gasteiger partial charge in [0.2, 0.25) is 5.91 Å². The first-order valence-electron chi connectivity index (χ1n) is 5.90. The molecule has 3 N–H and O–H groups in total. The van der Waals surface area contributed by atoms with E-state index in [1.54, 1.807) is 18.2 Å². The van der Waals surface area contributed by atoms with Gasteiger partial charge in [-0.3, -0.25) is 4.79 Å². The monoisotopic (exact) mass is 236 g/mol. The fourth-order valence-corrected chi connectivity index (χ4v) is 1.33. The van der Waals surface area contributed by atoms with E-state index in [4.69, 9.17) is 0 Å². The van der Waals surface area contributed by atoms with Crippen molar-refractivity contribution in [3.63, 3.8) is 0 Å². The molecule has 94 valence electrons. The van der Waals surface area contributed by atoms with Crippen molar-refractivity contribution in [1.29, 1.82) is 0 Å². The van der Waals surface area contributed by atoms with Crippen molar-refractivity contribution < 1.29 is 9.90 Å². The topological polar surface area (TPSA) is 61.4 Å². The molecule has 0 heterocycles. The van der Waals surface area contributed by atoms with Crippen molar-refractivity contribution in [3.8, 4) is 5.75 Å². The third-order valence-corrected chi connectivity index (χ3v) is 2.69. The molecule has 0 fully saturated rings. The van der Waals surface area contributed by atoms with E-state index in [1.165, 1.54) is 0 Å². The summed E-state index contributed by atoms with van der Waals surface area (Å²) < 4.78 is 0. The van der Waals surface area contributed by atoms with Crippen LogP contribution in [0.4, 0.5) is 0 Å².